The average Bonchev–Trinajstić information content (AvgIpc) is 2.85. The molecule has 0 unspecified atom stereocenters. The molecule has 1 atom stereocenters. The fourth-order valence-electron chi connectivity index (χ4n) is 1.87. The van der Waals surface area contributed by atoms with Gasteiger partial charge in [0.15, 0.2) is 0 Å². The highest BCUT2D eigenvalue weighted by molar-refractivity contribution is 7.09. The molecule has 0 aliphatic heterocycles. The lowest BCUT2D eigenvalue weighted by Crippen LogP contribution is -2.01. The number of thiazole rings is 1. The lowest BCUT2D eigenvalue weighted by Gasteiger charge is -2.13. The summed E-state index contributed by atoms with van der Waals surface area (Å²) < 4.78 is 5.76. The van der Waals surface area contributed by atoms with Gasteiger partial charge in [-0.05, 0) is 38.0 Å². The highest BCUT2D eigenvalue weighted by Crippen LogP contribution is 2.29. The molecule has 2 rings (SSSR count). The number of halogens is 1. The van der Waals surface area contributed by atoms with E-state index < -0.39 is 6.10 Å². The van der Waals surface area contributed by atoms with Crippen LogP contribution in [0.4, 0.5) is 0 Å². The molecule has 0 bridgehead atoms. The molecule has 0 spiro atoms. The van der Waals surface area contributed by atoms with E-state index in [0.717, 1.165) is 23.5 Å². The Kier molecular flexibility index (Phi) is 5.40. The first-order valence-corrected chi connectivity index (χ1v) is 7.89. The van der Waals surface area contributed by atoms with Gasteiger partial charge in [-0.25, -0.2) is 4.98 Å². The first-order chi connectivity index (χ1) is 9.60. The van der Waals surface area contributed by atoms with Crippen molar-refractivity contribution in [3.05, 3.63) is 44.9 Å². The predicted molar refractivity (Wildman–Crippen MR) is 82.5 cm³/mol. The molecular weight excluding hydrogens is 294 g/mol. The lowest BCUT2D eigenvalue weighted by atomic mass is 10.1. The minimum absolute atomic E-state index is 0.404. The van der Waals surface area contributed by atoms with E-state index in [0.29, 0.717) is 22.9 Å². The Morgan fingerprint density at radius 2 is 2.25 bits per heavy atom. The van der Waals surface area contributed by atoms with Gasteiger partial charge in [-0.1, -0.05) is 18.5 Å². The maximum Gasteiger partial charge on any atom is 0.131 e. The van der Waals surface area contributed by atoms with Crippen molar-refractivity contribution >= 4 is 22.9 Å². The molecule has 108 valence electrons. The van der Waals surface area contributed by atoms with E-state index in [4.69, 9.17) is 16.3 Å². The molecule has 0 saturated heterocycles. The largest absolute Gasteiger partial charge is 0.487 e. The molecule has 2 aromatic rings. The monoisotopic (exact) mass is 311 g/mol. The summed E-state index contributed by atoms with van der Waals surface area (Å²) in [5, 5.41) is 13.5. The molecule has 5 heteroatoms. The van der Waals surface area contributed by atoms with Gasteiger partial charge < -0.3 is 9.84 Å². The number of ether oxygens (including phenoxy) is 1. The minimum atomic E-state index is -0.616. The number of hydrogen-bond donors (Lipinski definition) is 1. The molecule has 1 aromatic carbocycles. The number of hydrogen-bond acceptors (Lipinski definition) is 4. The zero-order valence-corrected chi connectivity index (χ0v) is 13.2. The highest BCUT2D eigenvalue weighted by atomic mass is 35.5. The Morgan fingerprint density at radius 1 is 1.45 bits per heavy atom. The smallest absolute Gasteiger partial charge is 0.131 e. The Bertz CT molecular complexity index is 569. The fourth-order valence-corrected chi connectivity index (χ4v) is 2.94. The predicted octanol–water partition coefficient (Wildman–Crippen LogP) is 4.38. The third-order valence-corrected chi connectivity index (χ3v) is 4.05. The summed E-state index contributed by atoms with van der Waals surface area (Å²) in [5.74, 6) is 0.648. The zero-order valence-electron chi connectivity index (χ0n) is 11.6. The second-order valence-corrected chi connectivity index (χ2v) is 6.01. The first-order valence-electron chi connectivity index (χ1n) is 6.63. The summed E-state index contributed by atoms with van der Waals surface area (Å²) in [5.41, 5.74) is 1.62. The van der Waals surface area contributed by atoms with Crippen LogP contribution in [0.5, 0.6) is 5.75 Å². The van der Waals surface area contributed by atoms with Gasteiger partial charge in [0.25, 0.3) is 0 Å². The van der Waals surface area contributed by atoms with E-state index in [1.54, 1.807) is 36.5 Å². The van der Waals surface area contributed by atoms with E-state index in [9.17, 15) is 5.11 Å². The van der Waals surface area contributed by atoms with Crippen LogP contribution in [0, 0.1) is 0 Å². The summed E-state index contributed by atoms with van der Waals surface area (Å²) in [6.45, 7) is 4.24. The zero-order chi connectivity index (χ0) is 14.5. The Labute approximate surface area is 128 Å². The Balaban J connectivity index is 2.06. The topological polar surface area (TPSA) is 42.4 Å². The van der Waals surface area contributed by atoms with Crippen molar-refractivity contribution in [3.8, 4) is 5.75 Å². The van der Waals surface area contributed by atoms with Gasteiger partial charge in [-0.2, -0.15) is 0 Å². The van der Waals surface area contributed by atoms with Gasteiger partial charge in [-0.15, -0.1) is 11.3 Å². The standard InChI is InChI=1S/C15H18ClNO2S/c1-3-4-15-17-12(9-20-15)8-19-14-6-5-11(16)7-13(14)10(2)18/h5-7,9-10,18H,3-4,8H2,1-2H3/t10-/m1/s1. The minimum Gasteiger partial charge on any atom is -0.487 e. The maximum atomic E-state index is 9.75. The first kappa shape index (κ1) is 15.3. The Hall–Kier alpha value is -1.10. The normalized spacial score (nSPS) is 12.4. The molecule has 0 saturated carbocycles. The summed E-state index contributed by atoms with van der Waals surface area (Å²) >= 11 is 7.60. The van der Waals surface area contributed by atoms with Crippen LogP contribution < -0.4 is 4.74 Å². The molecule has 0 amide bonds. The van der Waals surface area contributed by atoms with E-state index in [-0.39, 0.29) is 0 Å². The second kappa shape index (κ2) is 7.07. The number of benzene rings is 1. The SMILES string of the molecule is CCCc1nc(COc2ccc(Cl)cc2[C@@H](C)O)cs1. The molecule has 1 aromatic heterocycles. The van der Waals surface area contributed by atoms with Gasteiger partial charge in [-0.3, -0.25) is 0 Å². The van der Waals surface area contributed by atoms with Crippen molar-refractivity contribution in [3.63, 3.8) is 0 Å². The van der Waals surface area contributed by atoms with Gasteiger partial charge in [0.2, 0.25) is 0 Å². The van der Waals surface area contributed by atoms with Crippen LogP contribution in [0.25, 0.3) is 0 Å². The quantitative estimate of drug-likeness (QED) is 0.860. The molecular formula is C15H18ClNO2S. The molecule has 0 fully saturated rings. The molecule has 0 aliphatic carbocycles. The maximum absolute atomic E-state index is 9.75. The van der Waals surface area contributed by atoms with Crippen LogP contribution in [0.15, 0.2) is 23.6 Å². The van der Waals surface area contributed by atoms with E-state index >= 15 is 0 Å². The summed E-state index contributed by atoms with van der Waals surface area (Å²) in [7, 11) is 0. The molecule has 1 heterocycles. The van der Waals surface area contributed by atoms with Gasteiger partial charge in [0.1, 0.15) is 12.4 Å². The number of nitrogens with zero attached hydrogens (tertiary/aromatic N) is 1. The van der Waals surface area contributed by atoms with Crippen LogP contribution >= 0.6 is 22.9 Å². The molecule has 20 heavy (non-hydrogen) atoms. The van der Waals surface area contributed by atoms with Crippen LogP contribution in [-0.2, 0) is 13.0 Å². The van der Waals surface area contributed by atoms with Crippen LogP contribution in [0.2, 0.25) is 5.02 Å². The summed E-state index contributed by atoms with van der Waals surface area (Å²) in [6, 6.07) is 5.27. The van der Waals surface area contributed by atoms with E-state index in [1.807, 2.05) is 5.38 Å². The highest BCUT2D eigenvalue weighted by Gasteiger charge is 2.11. The number of aromatic nitrogens is 1. The van der Waals surface area contributed by atoms with Crippen LogP contribution in [0.3, 0.4) is 0 Å². The number of rotatable bonds is 6. The van der Waals surface area contributed by atoms with Crippen molar-refractivity contribution in [2.45, 2.75) is 39.4 Å². The van der Waals surface area contributed by atoms with Crippen molar-refractivity contribution in [1.82, 2.24) is 4.98 Å². The van der Waals surface area contributed by atoms with E-state index in [2.05, 4.69) is 11.9 Å². The van der Waals surface area contributed by atoms with Crippen molar-refractivity contribution in [2.75, 3.05) is 0 Å². The second-order valence-electron chi connectivity index (χ2n) is 4.63. The van der Waals surface area contributed by atoms with Crippen molar-refractivity contribution < 1.29 is 9.84 Å². The van der Waals surface area contributed by atoms with Crippen LogP contribution in [0.1, 0.15) is 42.6 Å². The van der Waals surface area contributed by atoms with Crippen molar-refractivity contribution in [1.29, 1.82) is 0 Å². The molecule has 0 aliphatic rings. The average molecular weight is 312 g/mol. The summed E-state index contributed by atoms with van der Waals surface area (Å²) in [4.78, 5) is 4.51. The van der Waals surface area contributed by atoms with Crippen molar-refractivity contribution in [2.24, 2.45) is 0 Å². The van der Waals surface area contributed by atoms with Crippen LogP contribution in [-0.4, -0.2) is 10.1 Å². The number of aryl methyl sites for hydroxylation is 1. The lowest BCUT2D eigenvalue weighted by molar-refractivity contribution is 0.190. The molecule has 3 nitrogen and oxygen atoms in total. The number of aliphatic hydroxyl groups is 1. The van der Waals surface area contributed by atoms with Gasteiger partial charge in [0, 0.05) is 16.0 Å². The number of aliphatic hydroxyl groups excluding tert-OH is 1. The molecule has 0 radical (unpaired) electrons. The Morgan fingerprint density at radius 3 is 2.95 bits per heavy atom. The van der Waals surface area contributed by atoms with E-state index in [1.165, 1.54) is 0 Å². The fraction of sp³-hybridized carbons (Fsp3) is 0.400. The molecule has 1 N–H and O–H groups in total. The van der Waals surface area contributed by atoms with Gasteiger partial charge in [0.05, 0.1) is 16.8 Å². The van der Waals surface area contributed by atoms with Gasteiger partial charge >= 0.3 is 0 Å². The third kappa shape index (κ3) is 3.95. The summed E-state index contributed by atoms with van der Waals surface area (Å²) in [6.07, 6.45) is 1.48. The third-order valence-electron chi connectivity index (χ3n) is 2.86.